The van der Waals surface area contributed by atoms with Gasteiger partial charge in [0.15, 0.2) is 0 Å². The normalized spacial score (nSPS) is 16.7. The van der Waals surface area contributed by atoms with Crippen molar-refractivity contribution in [2.45, 2.75) is 23.5 Å². The molecule has 0 bridgehead atoms. The Morgan fingerprint density at radius 1 is 0.875 bits per heavy atom. The molecule has 2 aliphatic rings. The number of amides is 2. The van der Waals surface area contributed by atoms with Gasteiger partial charge in [0.2, 0.25) is 5.91 Å². The van der Waals surface area contributed by atoms with E-state index in [1.54, 1.807) is 11.8 Å². The second-order valence-corrected chi connectivity index (χ2v) is 9.27. The molecule has 2 amide bonds. The van der Waals surface area contributed by atoms with Crippen LogP contribution >= 0.6 is 11.8 Å². The number of piperazine rings is 1. The molecule has 2 aromatic rings. The first-order valence-corrected chi connectivity index (χ1v) is 12.1. The van der Waals surface area contributed by atoms with Crippen molar-refractivity contribution in [3.05, 3.63) is 65.2 Å². The Balaban J connectivity index is 1.32. The molecule has 32 heavy (non-hydrogen) atoms. The van der Waals surface area contributed by atoms with Crippen LogP contribution in [0.3, 0.4) is 0 Å². The van der Waals surface area contributed by atoms with Crippen LogP contribution in [0.5, 0.6) is 0 Å². The minimum atomic E-state index is 0.0541. The Morgan fingerprint density at radius 2 is 1.56 bits per heavy atom. The Morgan fingerprint density at radius 3 is 2.25 bits per heavy atom. The first-order chi connectivity index (χ1) is 15.6. The topological polar surface area (TPSA) is 67.6 Å². The average molecular weight is 449 g/mol. The Kier molecular flexibility index (Phi) is 7.46. The number of rotatable bonds is 6. The molecule has 2 aromatic carbocycles. The van der Waals surface area contributed by atoms with Crippen molar-refractivity contribution in [2.24, 2.45) is 0 Å². The highest BCUT2D eigenvalue weighted by Gasteiger charge is 2.26. The number of likely N-dealkylation sites (tertiary alicyclic amines) is 1. The number of hydrogen-bond acceptors (Lipinski definition) is 5. The van der Waals surface area contributed by atoms with Gasteiger partial charge in [-0.3, -0.25) is 14.5 Å². The van der Waals surface area contributed by atoms with Crippen molar-refractivity contribution in [3.63, 3.8) is 0 Å². The van der Waals surface area contributed by atoms with E-state index in [9.17, 15) is 9.59 Å². The Bertz CT molecular complexity index is 988. The number of carbonyl (C=O) groups excluding carboxylic acids is 2. The average Bonchev–Trinajstić information content (AvgIpc) is 3.39. The number of nitriles is 1. The smallest absolute Gasteiger partial charge is 0.255 e. The summed E-state index contributed by atoms with van der Waals surface area (Å²) in [4.78, 5) is 32.6. The zero-order valence-electron chi connectivity index (χ0n) is 18.2. The quantitative estimate of drug-likeness (QED) is 0.635. The third-order valence-corrected chi connectivity index (χ3v) is 7.22. The minimum Gasteiger partial charge on any atom is -0.342 e. The number of hydrogen-bond donors (Lipinski definition) is 0. The van der Waals surface area contributed by atoms with Crippen LogP contribution in [0.1, 0.15) is 34.3 Å². The first kappa shape index (κ1) is 22.4. The molecule has 0 aliphatic carbocycles. The van der Waals surface area contributed by atoms with E-state index in [4.69, 9.17) is 5.26 Å². The number of thioether (sulfide) groups is 1. The predicted octanol–water partition coefficient (Wildman–Crippen LogP) is 3.23. The summed E-state index contributed by atoms with van der Waals surface area (Å²) < 4.78 is 0. The summed E-state index contributed by atoms with van der Waals surface area (Å²) in [6, 6.07) is 17.4. The molecular weight excluding hydrogens is 420 g/mol. The molecular formula is C25H28N4O2S. The molecule has 0 spiro atoms. The standard InChI is InChI=1S/C25H28N4O2S/c26-17-20-7-9-21(10-8-20)19-32-23-6-2-1-5-22(23)25(31)29-15-13-27(14-16-29)18-24(30)28-11-3-4-12-28/h1-2,5-10H,3-4,11-16,18-19H2. The molecule has 2 saturated heterocycles. The molecule has 166 valence electrons. The summed E-state index contributed by atoms with van der Waals surface area (Å²) in [6.07, 6.45) is 2.22. The van der Waals surface area contributed by atoms with Gasteiger partial charge in [0.1, 0.15) is 0 Å². The lowest BCUT2D eigenvalue weighted by atomic mass is 10.1. The lowest BCUT2D eigenvalue weighted by Gasteiger charge is -2.35. The van der Waals surface area contributed by atoms with Crippen molar-refractivity contribution < 1.29 is 9.59 Å². The molecule has 0 atom stereocenters. The van der Waals surface area contributed by atoms with Crippen molar-refractivity contribution >= 4 is 23.6 Å². The maximum Gasteiger partial charge on any atom is 0.255 e. The van der Waals surface area contributed by atoms with Crippen LogP contribution in [0.2, 0.25) is 0 Å². The van der Waals surface area contributed by atoms with Gasteiger partial charge in [-0.05, 0) is 42.7 Å². The van der Waals surface area contributed by atoms with E-state index in [2.05, 4.69) is 11.0 Å². The van der Waals surface area contributed by atoms with Crippen molar-refractivity contribution in [3.8, 4) is 6.07 Å². The van der Waals surface area contributed by atoms with Gasteiger partial charge in [-0.25, -0.2) is 0 Å². The summed E-state index contributed by atoms with van der Waals surface area (Å²) in [7, 11) is 0. The highest BCUT2D eigenvalue weighted by Crippen LogP contribution is 2.27. The van der Waals surface area contributed by atoms with Crippen LogP contribution in [0, 0.1) is 11.3 Å². The number of carbonyl (C=O) groups is 2. The van der Waals surface area contributed by atoms with Gasteiger partial charge in [-0.2, -0.15) is 5.26 Å². The van der Waals surface area contributed by atoms with Gasteiger partial charge in [0, 0.05) is 49.9 Å². The van der Waals surface area contributed by atoms with E-state index < -0.39 is 0 Å². The zero-order chi connectivity index (χ0) is 22.3. The van der Waals surface area contributed by atoms with Crippen molar-refractivity contribution in [1.82, 2.24) is 14.7 Å². The first-order valence-electron chi connectivity index (χ1n) is 11.1. The van der Waals surface area contributed by atoms with Crippen LogP contribution in [-0.2, 0) is 10.5 Å². The van der Waals surface area contributed by atoms with Gasteiger partial charge in [0.25, 0.3) is 5.91 Å². The van der Waals surface area contributed by atoms with E-state index in [0.717, 1.165) is 60.8 Å². The molecule has 6 nitrogen and oxygen atoms in total. The van der Waals surface area contributed by atoms with Crippen LogP contribution in [0.4, 0.5) is 0 Å². The SMILES string of the molecule is N#Cc1ccc(CSc2ccccc2C(=O)N2CCN(CC(=O)N3CCCC3)CC2)cc1. The fraction of sp³-hybridized carbons (Fsp3) is 0.400. The molecule has 0 aromatic heterocycles. The molecule has 0 unspecified atom stereocenters. The largest absolute Gasteiger partial charge is 0.342 e. The molecule has 0 radical (unpaired) electrons. The molecule has 4 rings (SSSR count). The monoisotopic (exact) mass is 448 g/mol. The van der Waals surface area contributed by atoms with Gasteiger partial charge < -0.3 is 9.80 Å². The van der Waals surface area contributed by atoms with Gasteiger partial charge >= 0.3 is 0 Å². The lowest BCUT2D eigenvalue weighted by molar-refractivity contribution is -0.131. The molecule has 0 N–H and O–H groups in total. The molecule has 2 fully saturated rings. The van der Waals surface area contributed by atoms with Crippen molar-refractivity contribution in [2.75, 3.05) is 45.8 Å². The van der Waals surface area contributed by atoms with E-state index in [-0.39, 0.29) is 11.8 Å². The van der Waals surface area contributed by atoms with Gasteiger partial charge in [-0.15, -0.1) is 11.8 Å². The predicted molar refractivity (Wildman–Crippen MR) is 125 cm³/mol. The summed E-state index contributed by atoms with van der Waals surface area (Å²) >= 11 is 1.64. The highest BCUT2D eigenvalue weighted by molar-refractivity contribution is 7.98. The Labute approximate surface area is 193 Å². The van der Waals surface area contributed by atoms with Crippen LogP contribution in [0.15, 0.2) is 53.4 Å². The molecule has 2 heterocycles. The minimum absolute atomic E-state index is 0.0541. The second-order valence-electron chi connectivity index (χ2n) is 8.25. The zero-order valence-corrected chi connectivity index (χ0v) is 19.0. The van der Waals surface area contributed by atoms with E-state index >= 15 is 0 Å². The fourth-order valence-corrected chi connectivity index (χ4v) is 5.14. The highest BCUT2D eigenvalue weighted by atomic mass is 32.2. The molecule has 7 heteroatoms. The van der Waals surface area contributed by atoms with Crippen molar-refractivity contribution in [1.29, 1.82) is 5.26 Å². The third-order valence-electron chi connectivity index (χ3n) is 6.07. The number of nitrogens with zero attached hydrogens (tertiary/aromatic N) is 4. The van der Waals surface area contributed by atoms with Crippen LogP contribution in [0.25, 0.3) is 0 Å². The Hall–Kier alpha value is -2.82. The summed E-state index contributed by atoms with van der Waals surface area (Å²) in [5.41, 5.74) is 2.50. The second kappa shape index (κ2) is 10.7. The molecule has 0 saturated carbocycles. The van der Waals surface area contributed by atoms with Crippen LogP contribution < -0.4 is 0 Å². The third kappa shape index (κ3) is 5.50. The molecule has 2 aliphatic heterocycles. The summed E-state index contributed by atoms with van der Waals surface area (Å²) in [6.45, 7) is 4.96. The summed E-state index contributed by atoms with van der Waals surface area (Å²) in [5.74, 6) is 1.01. The van der Waals surface area contributed by atoms with E-state index in [0.29, 0.717) is 25.2 Å². The van der Waals surface area contributed by atoms with E-state index in [1.165, 1.54) is 0 Å². The maximum absolute atomic E-state index is 13.2. The number of benzene rings is 2. The van der Waals surface area contributed by atoms with Gasteiger partial charge in [0.05, 0.1) is 23.7 Å². The van der Waals surface area contributed by atoms with Crippen LogP contribution in [-0.4, -0.2) is 72.3 Å². The van der Waals surface area contributed by atoms with E-state index in [1.807, 2.05) is 58.3 Å². The fourth-order valence-electron chi connectivity index (χ4n) is 4.14. The summed E-state index contributed by atoms with van der Waals surface area (Å²) in [5, 5.41) is 8.95. The van der Waals surface area contributed by atoms with Gasteiger partial charge in [-0.1, -0.05) is 24.3 Å². The lowest BCUT2D eigenvalue weighted by Crippen LogP contribution is -2.51. The maximum atomic E-state index is 13.2.